The highest BCUT2D eigenvalue weighted by Crippen LogP contribution is 2.18. The predicted molar refractivity (Wildman–Crippen MR) is 119 cm³/mol. The minimum atomic E-state index is -0.0261. The van der Waals surface area contributed by atoms with Crippen molar-refractivity contribution in [3.63, 3.8) is 0 Å². The van der Waals surface area contributed by atoms with Crippen LogP contribution >= 0.6 is 0 Å². The number of hydrogen-bond acceptors (Lipinski definition) is 5. The number of amides is 1. The molecule has 30 heavy (non-hydrogen) atoms. The van der Waals surface area contributed by atoms with E-state index in [2.05, 4.69) is 55.9 Å². The second-order valence-electron chi connectivity index (χ2n) is 8.66. The van der Waals surface area contributed by atoms with Crippen molar-refractivity contribution >= 4 is 11.6 Å². The van der Waals surface area contributed by atoms with E-state index in [1.54, 1.807) is 0 Å². The molecule has 0 bridgehead atoms. The number of aryl methyl sites for hydroxylation is 1. The Morgan fingerprint density at radius 2 is 1.77 bits per heavy atom. The summed E-state index contributed by atoms with van der Waals surface area (Å²) in [5.41, 5.74) is 1.90. The molecule has 2 aliphatic heterocycles. The molecule has 1 aromatic carbocycles. The van der Waals surface area contributed by atoms with E-state index in [-0.39, 0.29) is 5.91 Å². The summed E-state index contributed by atoms with van der Waals surface area (Å²) in [7, 11) is 0. The predicted octanol–water partition coefficient (Wildman–Crippen LogP) is 2.51. The SMILES string of the molecule is CC(C)N1CCN(c2ccc(C(=O)NCCc3nnc4n3CCCCC4)cc2)CC1. The van der Waals surface area contributed by atoms with Crippen molar-refractivity contribution in [1.82, 2.24) is 25.0 Å². The molecule has 3 heterocycles. The van der Waals surface area contributed by atoms with Gasteiger partial charge in [-0.3, -0.25) is 9.69 Å². The maximum absolute atomic E-state index is 12.5. The average Bonchev–Trinajstić information content (AvgIpc) is 3.00. The summed E-state index contributed by atoms with van der Waals surface area (Å²) in [6.07, 6.45) is 5.36. The van der Waals surface area contributed by atoms with Crippen LogP contribution in [0.2, 0.25) is 0 Å². The molecule has 1 fully saturated rings. The van der Waals surface area contributed by atoms with Crippen LogP contribution in [-0.2, 0) is 19.4 Å². The molecule has 2 aliphatic rings. The monoisotopic (exact) mass is 410 g/mol. The van der Waals surface area contributed by atoms with Crippen LogP contribution in [0.15, 0.2) is 24.3 Å². The van der Waals surface area contributed by atoms with E-state index in [1.165, 1.54) is 24.9 Å². The lowest BCUT2D eigenvalue weighted by atomic mass is 10.1. The Balaban J connectivity index is 1.27. The Morgan fingerprint density at radius 3 is 2.50 bits per heavy atom. The molecule has 1 amide bonds. The molecule has 0 atom stereocenters. The second-order valence-corrected chi connectivity index (χ2v) is 8.66. The molecule has 0 spiro atoms. The summed E-state index contributed by atoms with van der Waals surface area (Å²) >= 11 is 0. The van der Waals surface area contributed by atoms with E-state index >= 15 is 0 Å². The van der Waals surface area contributed by atoms with Gasteiger partial charge in [0.2, 0.25) is 0 Å². The number of aromatic nitrogens is 3. The summed E-state index contributed by atoms with van der Waals surface area (Å²) in [5.74, 6) is 2.06. The molecule has 0 radical (unpaired) electrons. The van der Waals surface area contributed by atoms with Gasteiger partial charge in [0, 0.05) is 69.4 Å². The van der Waals surface area contributed by atoms with Gasteiger partial charge in [0.05, 0.1) is 0 Å². The molecule has 7 heteroatoms. The Hall–Kier alpha value is -2.41. The number of nitrogens with zero attached hydrogens (tertiary/aromatic N) is 5. The van der Waals surface area contributed by atoms with Crippen LogP contribution in [-0.4, -0.2) is 64.3 Å². The molecular weight excluding hydrogens is 376 g/mol. The highest BCUT2D eigenvalue weighted by Gasteiger charge is 2.19. The van der Waals surface area contributed by atoms with Gasteiger partial charge in [0.1, 0.15) is 11.6 Å². The van der Waals surface area contributed by atoms with Gasteiger partial charge in [-0.25, -0.2) is 0 Å². The van der Waals surface area contributed by atoms with Crippen molar-refractivity contribution in [2.45, 2.75) is 58.5 Å². The molecule has 4 rings (SSSR count). The number of rotatable bonds is 6. The molecule has 162 valence electrons. The molecule has 0 aliphatic carbocycles. The first kappa shape index (κ1) is 20.8. The normalized spacial score (nSPS) is 17.6. The zero-order valence-electron chi connectivity index (χ0n) is 18.3. The minimum absolute atomic E-state index is 0.0261. The molecule has 0 saturated carbocycles. The van der Waals surface area contributed by atoms with Crippen molar-refractivity contribution in [2.24, 2.45) is 0 Å². The van der Waals surface area contributed by atoms with Crippen LogP contribution in [0.25, 0.3) is 0 Å². The maximum Gasteiger partial charge on any atom is 0.251 e. The van der Waals surface area contributed by atoms with E-state index in [0.717, 1.165) is 57.2 Å². The number of fused-ring (bicyclic) bond motifs is 1. The summed E-state index contributed by atoms with van der Waals surface area (Å²) in [6, 6.07) is 8.60. The number of hydrogen-bond donors (Lipinski definition) is 1. The Kier molecular flexibility index (Phi) is 6.67. The van der Waals surface area contributed by atoms with Gasteiger partial charge in [-0.15, -0.1) is 10.2 Å². The number of nitrogens with one attached hydrogen (secondary N) is 1. The topological polar surface area (TPSA) is 66.3 Å². The quantitative estimate of drug-likeness (QED) is 0.793. The van der Waals surface area contributed by atoms with Crippen molar-refractivity contribution in [2.75, 3.05) is 37.6 Å². The Labute approximate surface area is 179 Å². The number of carbonyl (C=O) groups is 1. The van der Waals surface area contributed by atoms with E-state index < -0.39 is 0 Å². The van der Waals surface area contributed by atoms with Crippen molar-refractivity contribution in [3.8, 4) is 0 Å². The zero-order valence-corrected chi connectivity index (χ0v) is 18.3. The number of anilines is 1. The van der Waals surface area contributed by atoms with Gasteiger partial charge in [0.25, 0.3) is 5.91 Å². The summed E-state index contributed by atoms with van der Waals surface area (Å²) in [5, 5.41) is 11.7. The van der Waals surface area contributed by atoms with Crippen LogP contribution < -0.4 is 10.2 Å². The van der Waals surface area contributed by atoms with Gasteiger partial charge in [-0.2, -0.15) is 0 Å². The van der Waals surface area contributed by atoms with Crippen LogP contribution in [0.4, 0.5) is 5.69 Å². The third kappa shape index (κ3) is 4.83. The largest absolute Gasteiger partial charge is 0.369 e. The Bertz CT molecular complexity index is 836. The van der Waals surface area contributed by atoms with Crippen molar-refractivity contribution in [1.29, 1.82) is 0 Å². The van der Waals surface area contributed by atoms with Crippen molar-refractivity contribution in [3.05, 3.63) is 41.5 Å². The smallest absolute Gasteiger partial charge is 0.251 e. The van der Waals surface area contributed by atoms with Crippen LogP contribution in [0.5, 0.6) is 0 Å². The third-order valence-electron chi connectivity index (χ3n) is 6.36. The highest BCUT2D eigenvalue weighted by atomic mass is 16.1. The average molecular weight is 411 g/mol. The van der Waals surface area contributed by atoms with Crippen LogP contribution in [0, 0.1) is 0 Å². The second kappa shape index (κ2) is 9.60. The maximum atomic E-state index is 12.5. The molecule has 0 unspecified atom stereocenters. The van der Waals surface area contributed by atoms with Gasteiger partial charge >= 0.3 is 0 Å². The molecule has 7 nitrogen and oxygen atoms in total. The number of carbonyl (C=O) groups excluding carboxylic acids is 1. The lowest BCUT2D eigenvalue weighted by Gasteiger charge is -2.38. The summed E-state index contributed by atoms with van der Waals surface area (Å²) in [6.45, 7) is 10.3. The first-order chi connectivity index (χ1) is 14.6. The van der Waals surface area contributed by atoms with Gasteiger partial charge < -0.3 is 14.8 Å². The van der Waals surface area contributed by atoms with Crippen LogP contribution in [0.1, 0.15) is 55.1 Å². The standard InChI is InChI=1S/C23H34N6O/c1-18(2)27-14-16-28(17-15-27)20-9-7-19(8-10-20)23(30)24-12-11-22-26-25-21-6-4-3-5-13-29(21)22/h7-10,18H,3-6,11-17H2,1-2H3,(H,24,30). The molecule has 2 aromatic rings. The number of benzene rings is 1. The third-order valence-corrected chi connectivity index (χ3v) is 6.36. The Morgan fingerprint density at radius 1 is 1.00 bits per heavy atom. The molecule has 1 saturated heterocycles. The highest BCUT2D eigenvalue weighted by molar-refractivity contribution is 5.94. The van der Waals surface area contributed by atoms with Gasteiger partial charge in [0.15, 0.2) is 0 Å². The van der Waals surface area contributed by atoms with Crippen molar-refractivity contribution < 1.29 is 4.79 Å². The van der Waals surface area contributed by atoms with E-state index in [0.29, 0.717) is 18.2 Å². The number of piperazine rings is 1. The first-order valence-electron chi connectivity index (χ1n) is 11.4. The van der Waals surface area contributed by atoms with Gasteiger partial charge in [-0.1, -0.05) is 6.42 Å². The molecule has 1 N–H and O–H groups in total. The minimum Gasteiger partial charge on any atom is -0.369 e. The van der Waals surface area contributed by atoms with E-state index in [1.807, 2.05) is 12.1 Å². The summed E-state index contributed by atoms with van der Waals surface area (Å²) < 4.78 is 2.24. The zero-order chi connectivity index (χ0) is 20.9. The van der Waals surface area contributed by atoms with E-state index in [4.69, 9.17) is 0 Å². The lowest BCUT2D eigenvalue weighted by molar-refractivity contribution is 0.0954. The molecule has 1 aromatic heterocycles. The fourth-order valence-electron chi connectivity index (χ4n) is 4.44. The fraction of sp³-hybridized carbons (Fsp3) is 0.609. The molecular formula is C23H34N6O. The summed E-state index contributed by atoms with van der Waals surface area (Å²) in [4.78, 5) is 17.5. The van der Waals surface area contributed by atoms with E-state index in [9.17, 15) is 4.79 Å². The first-order valence-corrected chi connectivity index (χ1v) is 11.4. The van der Waals surface area contributed by atoms with Crippen LogP contribution in [0.3, 0.4) is 0 Å². The lowest BCUT2D eigenvalue weighted by Crippen LogP contribution is -2.48. The van der Waals surface area contributed by atoms with Gasteiger partial charge in [-0.05, 0) is 51.0 Å². The fourth-order valence-corrected chi connectivity index (χ4v) is 4.44.